The van der Waals surface area contributed by atoms with Gasteiger partial charge in [0, 0.05) is 12.7 Å². The van der Waals surface area contributed by atoms with E-state index in [1.165, 1.54) is 11.3 Å². The van der Waals surface area contributed by atoms with Gasteiger partial charge >= 0.3 is 0 Å². The monoisotopic (exact) mass is 291 g/mol. The number of anilines is 1. The number of nitrogens with zero attached hydrogens (tertiary/aromatic N) is 3. The van der Waals surface area contributed by atoms with Gasteiger partial charge in [0.15, 0.2) is 0 Å². The van der Waals surface area contributed by atoms with Gasteiger partial charge in [0.2, 0.25) is 10.1 Å². The molecule has 0 unspecified atom stereocenters. The Hall–Kier alpha value is -2.02. The molecule has 0 spiro atoms. The Bertz CT molecular complexity index is 584. The first-order valence-corrected chi connectivity index (χ1v) is 7.28. The Morgan fingerprint density at radius 3 is 3.00 bits per heavy atom. The quantitative estimate of drug-likeness (QED) is 0.851. The number of rotatable bonds is 6. The van der Waals surface area contributed by atoms with E-state index in [-0.39, 0.29) is 5.91 Å². The average molecular weight is 291 g/mol. The van der Waals surface area contributed by atoms with Crippen molar-refractivity contribution < 1.29 is 4.79 Å². The summed E-state index contributed by atoms with van der Waals surface area (Å²) in [7, 11) is 0. The van der Waals surface area contributed by atoms with E-state index in [1.807, 2.05) is 19.1 Å². The van der Waals surface area contributed by atoms with Crippen molar-refractivity contribution in [1.82, 2.24) is 20.5 Å². The number of pyridine rings is 1. The molecule has 2 aromatic heterocycles. The smallest absolute Gasteiger partial charge is 0.282 e. The van der Waals surface area contributed by atoms with Crippen LogP contribution in [0.2, 0.25) is 0 Å². The molecule has 1 amide bonds. The van der Waals surface area contributed by atoms with Crippen LogP contribution in [0.3, 0.4) is 0 Å². The lowest BCUT2D eigenvalue weighted by Gasteiger charge is -2.04. The van der Waals surface area contributed by atoms with Gasteiger partial charge in [-0.1, -0.05) is 24.3 Å². The maximum absolute atomic E-state index is 12.0. The first-order valence-electron chi connectivity index (χ1n) is 6.46. The Labute approximate surface area is 121 Å². The van der Waals surface area contributed by atoms with E-state index in [0.29, 0.717) is 16.7 Å². The number of carbonyl (C=O) groups excluding carboxylic acids is 1. The predicted molar refractivity (Wildman–Crippen MR) is 78.8 cm³/mol. The van der Waals surface area contributed by atoms with E-state index in [0.717, 1.165) is 24.2 Å². The number of aryl methyl sites for hydroxylation is 1. The van der Waals surface area contributed by atoms with Gasteiger partial charge in [-0.05, 0) is 25.0 Å². The molecule has 0 bridgehead atoms. The van der Waals surface area contributed by atoms with E-state index in [4.69, 9.17) is 0 Å². The normalized spacial score (nSPS) is 10.3. The highest BCUT2D eigenvalue weighted by Crippen LogP contribution is 2.15. The molecule has 2 rings (SSSR count). The van der Waals surface area contributed by atoms with Crippen LogP contribution >= 0.6 is 11.3 Å². The molecule has 0 saturated carbocycles. The van der Waals surface area contributed by atoms with Crippen molar-refractivity contribution in [1.29, 1.82) is 0 Å². The number of hydrogen-bond acceptors (Lipinski definition) is 6. The van der Waals surface area contributed by atoms with E-state index in [2.05, 4.69) is 32.7 Å². The molecule has 0 aliphatic carbocycles. The summed E-state index contributed by atoms with van der Waals surface area (Å²) >= 11 is 1.25. The van der Waals surface area contributed by atoms with Crippen LogP contribution in [0, 0.1) is 6.92 Å². The Morgan fingerprint density at radius 2 is 2.25 bits per heavy atom. The maximum Gasteiger partial charge on any atom is 0.282 e. The topological polar surface area (TPSA) is 79.8 Å². The molecule has 0 radical (unpaired) electrons. The number of amides is 1. The third-order valence-corrected chi connectivity index (χ3v) is 3.56. The third kappa shape index (κ3) is 3.74. The lowest BCUT2D eigenvalue weighted by Crippen LogP contribution is -2.23. The zero-order valence-corrected chi connectivity index (χ0v) is 12.3. The molecule has 20 heavy (non-hydrogen) atoms. The lowest BCUT2D eigenvalue weighted by molar-refractivity contribution is 0.0949. The molecule has 106 valence electrons. The van der Waals surface area contributed by atoms with Crippen LogP contribution in [0.1, 0.15) is 34.4 Å². The van der Waals surface area contributed by atoms with Gasteiger partial charge in [-0.2, -0.15) is 0 Å². The number of carbonyl (C=O) groups is 1. The predicted octanol–water partition coefficient (Wildman–Crippen LogP) is 1.99. The second-order valence-electron chi connectivity index (χ2n) is 4.29. The molecular weight excluding hydrogens is 274 g/mol. The van der Waals surface area contributed by atoms with Crippen LogP contribution in [0.5, 0.6) is 0 Å². The molecule has 0 fully saturated rings. The fourth-order valence-corrected chi connectivity index (χ4v) is 2.25. The summed E-state index contributed by atoms with van der Waals surface area (Å²) in [5.74, 6) is -0.225. The maximum atomic E-state index is 12.0. The van der Waals surface area contributed by atoms with Gasteiger partial charge in [0.25, 0.3) is 5.91 Å². The van der Waals surface area contributed by atoms with Crippen LogP contribution in [0.25, 0.3) is 0 Å². The summed E-state index contributed by atoms with van der Waals surface area (Å²) in [5, 5.41) is 14.7. The molecule has 2 aromatic rings. The molecule has 2 N–H and O–H groups in total. The lowest BCUT2D eigenvalue weighted by atomic mass is 10.2. The highest BCUT2D eigenvalue weighted by atomic mass is 32.1. The Balaban J connectivity index is 1.92. The number of nitrogens with one attached hydrogen (secondary N) is 2. The van der Waals surface area contributed by atoms with Crippen molar-refractivity contribution in [2.75, 3.05) is 11.9 Å². The molecule has 0 aromatic carbocycles. The van der Waals surface area contributed by atoms with E-state index >= 15 is 0 Å². The summed E-state index contributed by atoms with van der Waals surface area (Å²) in [4.78, 5) is 16.2. The SMILES string of the molecule is CCCNc1nnc(C(=O)NCc2ncccc2C)s1. The minimum absolute atomic E-state index is 0.225. The Morgan fingerprint density at radius 1 is 1.40 bits per heavy atom. The molecule has 0 atom stereocenters. The van der Waals surface area contributed by atoms with Crippen molar-refractivity contribution in [3.05, 3.63) is 34.6 Å². The minimum Gasteiger partial charge on any atom is -0.360 e. The van der Waals surface area contributed by atoms with E-state index < -0.39 is 0 Å². The second-order valence-corrected chi connectivity index (χ2v) is 5.27. The molecule has 0 aliphatic rings. The highest BCUT2D eigenvalue weighted by Gasteiger charge is 2.12. The number of hydrogen-bond donors (Lipinski definition) is 2. The van der Waals surface area contributed by atoms with Gasteiger partial charge in [-0.25, -0.2) is 0 Å². The Kier molecular flexibility index (Phi) is 5.00. The summed E-state index contributed by atoms with van der Waals surface area (Å²) < 4.78 is 0. The zero-order chi connectivity index (χ0) is 14.4. The molecule has 0 saturated heterocycles. The van der Waals surface area contributed by atoms with Gasteiger partial charge in [-0.15, -0.1) is 10.2 Å². The van der Waals surface area contributed by atoms with Crippen LogP contribution in [-0.2, 0) is 6.54 Å². The summed E-state index contributed by atoms with van der Waals surface area (Å²) in [5.41, 5.74) is 1.91. The standard InChI is InChI=1S/C13H17N5OS/c1-3-6-15-13-18-17-12(20-13)11(19)16-8-10-9(2)5-4-7-14-10/h4-5,7H,3,6,8H2,1-2H3,(H,15,18)(H,16,19). The van der Waals surface area contributed by atoms with Gasteiger partial charge < -0.3 is 10.6 Å². The summed E-state index contributed by atoms with van der Waals surface area (Å²) in [6, 6.07) is 3.84. The van der Waals surface area contributed by atoms with Crippen LogP contribution in [-0.4, -0.2) is 27.6 Å². The van der Waals surface area contributed by atoms with Crippen molar-refractivity contribution in [2.24, 2.45) is 0 Å². The second kappa shape index (κ2) is 6.95. The van der Waals surface area contributed by atoms with E-state index in [9.17, 15) is 4.79 Å². The van der Waals surface area contributed by atoms with Gasteiger partial charge in [-0.3, -0.25) is 9.78 Å². The molecule has 6 nitrogen and oxygen atoms in total. The highest BCUT2D eigenvalue weighted by molar-refractivity contribution is 7.17. The van der Waals surface area contributed by atoms with Crippen LogP contribution < -0.4 is 10.6 Å². The molecule has 7 heteroatoms. The third-order valence-electron chi connectivity index (χ3n) is 2.68. The average Bonchev–Trinajstić information content (AvgIpc) is 2.93. The van der Waals surface area contributed by atoms with Crippen molar-refractivity contribution in [3.8, 4) is 0 Å². The van der Waals surface area contributed by atoms with Crippen molar-refractivity contribution >= 4 is 22.4 Å². The van der Waals surface area contributed by atoms with Crippen LogP contribution in [0.15, 0.2) is 18.3 Å². The fourth-order valence-electron chi connectivity index (χ4n) is 1.56. The van der Waals surface area contributed by atoms with Gasteiger partial charge in [0.1, 0.15) is 0 Å². The molecule has 2 heterocycles. The zero-order valence-electron chi connectivity index (χ0n) is 11.5. The van der Waals surface area contributed by atoms with Crippen LogP contribution in [0.4, 0.5) is 5.13 Å². The molecular formula is C13H17N5OS. The van der Waals surface area contributed by atoms with Crippen molar-refractivity contribution in [3.63, 3.8) is 0 Å². The minimum atomic E-state index is -0.225. The summed E-state index contributed by atoms with van der Waals surface area (Å²) in [6.07, 6.45) is 2.71. The first kappa shape index (κ1) is 14.4. The van der Waals surface area contributed by atoms with E-state index in [1.54, 1.807) is 6.20 Å². The molecule has 0 aliphatic heterocycles. The van der Waals surface area contributed by atoms with Gasteiger partial charge in [0.05, 0.1) is 12.2 Å². The first-order chi connectivity index (χ1) is 9.70. The number of aromatic nitrogens is 3. The largest absolute Gasteiger partial charge is 0.360 e. The fraction of sp³-hybridized carbons (Fsp3) is 0.385. The van der Waals surface area contributed by atoms with Crippen molar-refractivity contribution in [2.45, 2.75) is 26.8 Å². The summed E-state index contributed by atoms with van der Waals surface area (Å²) in [6.45, 7) is 5.25.